The van der Waals surface area contributed by atoms with E-state index >= 15 is 0 Å². The van der Waals surface area contributed by atoms with Crippen molar-refractivity contribution in [2.24, 2.45) is 11.5 Å². The van der Waals surface area contributed by atoms with Gasteiger partial charge >= 0.3 is 0 Å². The zero-order valence-electron chi connectivity index (χ0n) is 7.00. The van der Waals surface area contributed by atoms with E-state index in [1.54, 1.807) is 6.07 Å². The summed E-state index contributed by atoms with van der Waals surface area (Å²) in [5.74, 6) is -0.460. The van der Waals surface area contributed by atoms with Gasteiger partial charge in [-0.3, -0.25) is 0 Å². The molecule has 0 aliphatic rings. The second-order valence-corrected chi connectivity index (χ2v) is 2.73. The Morgan fingerprint density at radius 1 is 1.46 bits per heavy atom. The van der Waals surface area contributed by atoms with E-state index in [1.165, 1.54) is 6.07 Å². The Bertz CT molecular complexity index is 343. The molecule has 0 bridgehead atoms. The van der Waals surface area contributed by atoms with Gasteiger partial charge in [0.15, 0.2) is 0 Å². The van der Waals surface area contributed by atoms with E-state index in [0.29, 0.717) is 5.56 Å². The lowest BCUT2D eigenvalue weighted by Crippen LogP contribution is -2.20. The van der Waals surface area contributed by atoms with Gasteiger partial charge in [-0.25, -0.2) is 4.39 Å². The fourth-order valence-electron chi connectivity index (χ4n) is 1.03. The number of rotatable bonds is 2. The summed E-state index contributed by atoms with van der Waals surface area (Å²) in [7, 11) is 0. The average molecular weight is 179 g/mol. The van der Waals surface area contributed by atoms with Crippen molar-refractivity contribution >= 4 is 0 Å². The van der Waals surface area contributed by atoms with E-state index < -0.39 is 11.9 Å². The highest BCUT2D eigenvalue weighted by Crippen LogP contribution is 2.13. The molecule has 4 N–H and O–H groups in total. The van der Waals surface area contributed by atoms with Crippen molar-refractivity contribution in [3.63, 3.8) is 0 Å². The van der Waals surface area contributed by atoms with Crippen molar-refractivity contribution in [1.82, 2.24) is 0 Å². The first-order valence-corrected chi connectivity index (χ1v) is 3.83. The van der Waals surface area contributed by atoms with Crippen LogP contribution >= 0.6 is 0 Å². The molecule has 0 saturated heterocycles. The Labute approximate surface area is 75.8 Å². The standard InChI is InChI=1S/C9H10FN3/c10-8-2-6(4-11)1-7(3-8)9(13)5-12/h1-3,9H,5,12-13H2/t9-/m1/s1. The monoisotopic (exact) mass is 179 g/mol. The molecule has 1 aromatic rings. The minimum Gasteiger partial charge on any atom is -0.329 e. The number of hydrogen-bond donors (Lipinski definition) is 2. The van der Waals surface area contributed by atoms with Gasteiger partial charge in [0.1, 0.15) is 5.82 Å². The van der Waals surface area contributed by atoms with Gasteiger partial charge in [0.05, 0.1) is 11.6 Å². The molecular weight excluding hydrogens is 169 g/mol. The summed E-state index contributed by atoms with van der Waals surface area (Å²) in [4.78, 5) is 0. The van der Waals surface area contributed by atoms with E-state index in [4.69, 9.17) is 16.7 Å². The van der Waals surface area contributed by atoms with Gasteiger partial charge < -0.3 is 11.5 Å². The third kappa shape index (κ3) is 2.25. The van der Waals surface area contributed by atoms with Crippen LogP contribution in [-0.2, 0) is 0 Å². The predicted octanol–water partition coefficient (Wildman–Crippen LogP) is 0.656. The fourth-order valence-corrected chi connectivity index (χ4v) is 1.03. The van der Waals surface area contributed by atoms with Crippen molar-refractivity contribution in [2.75, 3.05) is 6.54 Å². The Kier molecular flexibility index (Phi) is 2.96. The van der Waals surface area contributed by atoms with E-state index in [0.717, 1.165) is 6.07 Å². The van der Waals surface area contributed by atoms with Crippen LogP contribution < -0.4 is 11.5 Å². The summed E-state index contributed by atoms with van der Waals surface area (Å²) in [6, 6.07) is 5.43. The SMILES string of the molecule is N#Cc1cc(F)cc([C@H](N)CN)c1. The smallest absolute Gasteiger partial charge is 0.124 e. The number of halogens is 1. The predicted molar refractivity (Wildman–Crippen MR) is 47.1 cm³/mol. The van der Waals surface area contributed by atoms with Gasteiger partial charge in [-0.1, -0.05) is 0 Å². The maximum atomic E-state index is 12.9. The molecule has 1 rings (SSSR count). The average Bonchev–Trinajstić information content (AvgIpc) is 2.15. The van der Waals surface area contributed by atoms with Gasteiger partial charge in [0.2, 0.25) is 0 Å². The summed E-state index contributed by atoms with van der Waals surface area (Å²) >= 11 is 0. The van der Waals surface area contributed by atoms with E-state index in [1.807, 2.05) is 6.07 Å². The van der Waals surface area contributed by atoms with E-state index in [9.17, 15) is 4.39 Å². The summed E-state index contributed by atoms with van der Waals surface area (Å²) in [6.45, 7) is 0.230. The molecule has 0 amide bonds. The van der Waals surface area contributed by atoms with Crippen LogP contribution in [0.3, 0.4) is 0 Å². The molecule has 0 fully saturated rings. The van der Waals surface area contributed by atoms with Crippen LogP contribution in [0.25, 0.3) is 0 Å². The number of benzene rings is 1. The van der Waals surface area contributed by atoms with E-state index in [-0.39, 0.29) is 12.1 Å². The normalized spacial score (nSPS) is 12.2. The number of hydrogen-bond acceptors (Lipinski definition) is 3. The first kappa shape index (κ1) is 9.65. The van der Waals surface area contributed by atoms with Crippen LogP contribution in [0.15, 0.2) is 18.2 Å². The first-order valence-electron chi connectivity index (χ1n) is 3.83. The molecule has 68 valence electrons. The van der Waals surface area contributed by atoms with Crippen molar-refractivity contribution in [3.05, 3.63) is 35.1 Å². The molecule has 0 radical (unpaired) electrons. The van der Waals surface area contributed by atoms with Gasteiger partial charge in [0, 0.05) is 12.6 Å². The Balaban J connectivity index is 3.10. The van der Waals surface area contributed by atoms with Crippen LogP contribution in [0, 0.1) is 17.1 Å². The van der Waals surface area contributed by atoms with Crippen LogP contribution in [0.4, 0.5) is 4.39 Å². The molecule has 1 atom stereocenters. The van der Waals surface area contributed by atoms with Crippen molar-refractivity contribution in [3.8, 4) is 6.07 Å². The minimum atomic E-state index is -0.460. The first-order chi connectivity index (χ1) is 6.17. The highest BCUT2D eigenvalue weighted by atomic mass is 19.1. The number of nitriles is 1. The molecule has 0 heterocycles. The molecule has 0 unspecified atom stereocenters. The van der Waals surface area contributed by atoms with Gasteiger partial charge in [-0.15, -0.1) is 0 Å². The Morgan fingerprint density at radius 2 is 2.15 bits per heavy atom. The fraction of sp³-hybridized carbons (Fsp3) is 0.222. The molecule has 0 spiro atoms. The summed E-state index contributed by atoms with van der Waals surface area (Å²) in [6.07, 6.45) is 0. The van der Waals surface area contributed by atoms with Crippen LogP contribution in [-0.4, -0.2) is 6.54 Å². The molecule has 4 heteroatoms. The highest BCUT2D eigenvalue weighted by Gasteiger charge is 2.06. The topological polar surface area (TPSA) is 75.8 Å². The molecular formula is C9H10FN3. The molecule has 0 aliphatic carbocycles. The molecule has 13 heavy (non-hydrogen) atoms. The maximum absolute atomic E-state index is 12.9. The summed E-state index contributed by atoms with van der Waals surface area (Å²) in [5, 5.41) is 8.55. The third-order valence-electron chi connectivity index (χ3n) is 1.73. The zero-order chi connectivity index (χ0) is 9.84. The molecule has 0 saturated carbocycles. The minimum absolute atomic E-state index is 0.230. The lowest BCUT2D eigenvalue weighted by Gasteiger charge is -2.08. The second-order valence-electron chi connectivity index (χ2n) is 2.73. The van der Waals surface area contributed by atoms with Crippen LogP contribution in [0.1, 0.15) is 17.2 Å². The lowest BCUT2D eigenvalue weighted by molar-refractivity contribution is 0.619. The quantitative estimate of drug-likeness (QED) is 0.700. The van der Waals surface area contributed by atoms with Crippen molar-refractivity contribution < 1.29 is 4.39 Å². The summed E-state index contributed by atoms with van der Waals surface area (Å²) < 4.78 is 12.9. The van der Waals surface area contributed by atoms with Gasteiger partial charge in [0.25, 0.3) is 0 Å². The maximum Gasteiger partial charge on any atom is 0.124 e. The van der Waals surface area contributed by atoms with Crippen LogP contribution in [0.5, 0.6) is 0 Å². The Morgan fingerprint density at radius 3 is 2.69 bits per heavy atom. The molecule has 0 aromatic heterocycles. The second kappa shape index (κ2) is 3.99. The van der Waals surface area contributed by atoms with Crippen molar-refractivity contribution in [2.45, 2.75) is 6.04 Å². The van der Waals surface area contributed by atoms with Gasteiger partial charge in [-0.05, 0) is 23.8 Å². The Hall–Kier alpha value is -1.44. The van der Waals surface area contributed by atoms with E-state index in [2.05, 4.69) is 0 Å². The van der Waals surface area contributed by atoms with Crippen molar-refractivity contribution in [1.29, 1.82) is 5.26 Å². The largest absolute Gasteiger partial charge is 0.329 e. The van der Waals surface area contributed by atoms with Crippen LogP contribution in [0.2, 0.25) is 0 Å². The molecule has 0 aliphatic heterocycles. The van der Waals surface area contributed by atoms with Gasteiger partial charge in [-0.2, -0.15) is 5.26 Å². The number of nitrogens with two attached hydrogens (primary N) is 2. The lowest BCUT2D eigenvalue weighted by atomic mass is 10.1. The molecule has 3 nitrogen and oxygen atoms in total. The third-order valence-corrected chi connectivity index (χ3v) is 1.73. The number of nitrogens with zero attached hydrogens (tertiary/aromatic N) is 1. The molecule has 1 aromatic carbocycles. The highest BCUT2D eigenvalue weighted by molar-refractivity contribution is 5.35. The zero-order valence-corrected chi connectivity index (χ0v) is 7.00. The summed E-state index contributed by atoms with van der Waals surface area (Å²) in [5.41, 5.74) is 11.7.